The second-order valence-electron chi connectivity index (χ2n) is 2.47. The Hall–Kier alpha value is -1.05. The molecule has 0 unspecified atom stereocenters. The van der Waals surface area contributed by atoms with Crippen molar-refractivity contribution in [3.63, 3.8) is 0 Å². The van der Waals surface area contributed by atoms with Crippen LogP contribution in [0.15, 0.2) is 23.9 Å². The number of rotatable bonds is 4. The van der Waals surface area contributed by atoms with Crippen LogP contribution in [0.4, 0.5) is 0 Å². The average Bonchev–Trinajstić information content (AvgIpc) is 2.21. The van der Waals surface area contributed by atoms with Crippen molar-refractivity contribution in [2.75, 3.05) is 0 Å². The zero-order chi connectivity index (χ0) is 11.4. The van der Waals surface area contributed by atoms with Gasteiger partial charge in [-0.25, -0.2) is 0 Å². The van der Waals surface area contributed by atoms with E-state index in [0.29, 0.717) is 6.42 Å². The fraction of sp³-hybridized carbons (Fsp3) is 0.583. The van der Waals surface area contributed by atoms with Crippen LogP contribution < -0.4 is 5.32 Å². The van der Waals surface area contributed by atoms with Gasteiger partial charge in [0.15, 0.2) is 0 Å². The average molecular weight is 197 g/mol. The van der Waals surface area contributed by atoms with E-state index in [1.165, 1.54) is 0 Å². The molecule has 0 aliphatic heterocycles. The van der Waals surface area contributed by atoms with E-state index in [4.69, 9.17) is 0 Å². The summed E-state index contributed by atoms with van der Waals surface area (Å²) in [7, 11) is 0. The third kappa shape index (κ3) is 9.04. The maximum absolute atomic E-state index is 11.0. The monoisotopic (exact) mass is 197 g/mol. The van der Waals surface area contributed by atoms with Crippen molar-refractivity contribution in [2.24, 2.45) is 0 Å². The number of allylic oxidation sites excluding steroid dienone is 3. The normalized spacial score (nSPS) is 10.8. The van der Waals surface area contributed by atoms with Crippen LogP contribution in [-0.2, 0) is 4.79 Å². The van der Waals surface area contributed by atoms with Gasteiger partial charge >= 0.3 is 0 Å². The second kappa shape index (κ2) is 11.9. The van der Waals surface area contributed by atoms with E-state index < -0.39 is 0 Å². The molecule has 0 aromatic carbocycles. The lowest BCUT2D eigenvalue weighted by atomic mass is 10.3. The summed E-state index contributed by atoms with van der Waals surface area (Å²) in [5.74, 6) is 0.0628. The van der Waals surface area contributed by atoms with E-state index in [1.54, 1.807) is 0 Å². The quantitative estimate of drug-likeness (QED) is 0.687. The summed E-state index contributed by atoms with van der Waals surface area (Å²) in [4.78, 5) is 11.0. The van der Waals surface area contributed by atoms with Crippen LogP contribution in [0.2, 0.25) is 0 Å². The summed E-state index contributed by atoms with van der Waals surface area (Å²) >= 11 is 0. The number of carbonyl (C=O) groups is 1. The van der Waals surface area contributed by atoms with Crippen LogP contribution in [0.3, 0.4) is 0 Å². The molecule has 0 saturated carbocycles. The molecule has 0 aromatic heterocycles. The summed E-state index contributed by atoms with van der Waals surface area (Å²) in [6.07, 6.45) is 7.27. The zero-order valence-corrected chi connectivity index (χ0v) is 10.1. The molecule has 0 saturated heterocycles. The van der Waals surface area contributed by atoms with E-state index in [0.717, 1.165) is 12.1 Å². The molecule has 2 heteroatoms. The molecule has 1 N–H and O–H groups in total. The first-order chi connectivity index (χ1) is 6.74. The highest BCUT2D eigenvalue weighted by Crippen LogP contribution is 1.95. The van der Waals surface area contributed by atoms with Crippen molar-refractivity contribution in [3.8, 4) is 0 Å². The number of hydrogen-bond donors (Lipinski definition) is 1. The first kappa shape index (κ1) is 15.4. The molecule has 2 nitrogen and oxygen atoms in total. The molecule has 0 atom stereocenters. The molecule has 1 amide bonds. The molecule has 0 rings (SSSR count). The first-order valence-electron chi connectivity index (χ1n) is 5.37. The van der Waals surface area contributed by atoms with Crippen molar-refractivity contribution in [2.45, 2.75) is 47.5 Å². The second-order valence-corrected chi connectivity index (χ2v) is 2.47. The van der Waals surface area contributed by atoms with Crippen LogP contribution >= 0.6 is 0 Å². The largest absolute Gasteiger partial charge is 0.326 e. The summed E-state index contributed by atoms with van der Waals surface area (Å²) in [6.45, 7) is 9.82. The topological polar surface area (TPSA) is 29.1 Å². The SMILES string of the molecule is C/C=C\C(=C/CC)NC(=O)CC.CC. The number of amides is 1. The van der Waals surface area contributed by atoms with Crippen molar-refractivity contribution in [1.29, 1.82) is 0 Å². The maximum Gasteiger partial charge on any atom is 0.224 e. The third-order valence-electron chi connectivity index (χ3n) is 1.38. The Morgan fingerprint density at radius 1 is 1.29 bits per heavy atom. The highest BCUT2D eigenvalue weighted by atomic mass is 16.1. The van der Waals surface area contributed by atoms with E-state index >= 15 is 0 Å². The molecule has 0 bridgehead atoms. The summed E-state index contributed by atoms with van der Waals surface area (Å²) in [5, 5.41) is 2.80. The van der Waals surface area contributed by atoms with Gasteiger partial charge in [-0.15, -0.1) is 0 Å². The maximum atomic E-state index is 11.0. The zero-order valence-electron chi connectivity index (χ0n) is 10.1. The molecular formula is C12H23NO. The lowest BCUT2D eigenvalue weighted by Crippen LogP contribution is -2.20. The fourth-order valence-corrected chi connectivity index (χ4v) is 0.810. The Morgan fingerprint density at radius 3 is 2.21 bits per heavy atom. The highest BCUT2D eigenvalue weighted by molar-refractivity contribution is 5.77. The minimum absolute atomic E-state index is 0.0628. The molecule has 0 heterocycles. The minimum Gasteiger partial charge on any atom is -0.326 e. The lowest BCUT2D eigenvalue weighted by Gasteiger charge is -2.03. The van der Waals surface area contributed by atoms with Gasteiger partial charge in [0.1, 0.15) is 0 Å². The molecule has 0 aliphatic rings. The van der Waals surface area contributed by atoms with E-state index in [1.807, 2.05) is 52.8 Å². The molecule has 0 radical (unpaired) electrons. The molecule has 82 valence electrons. The van der Waals surface area contributed by atoms with Crippen LogP contribution in [0.5, 0.6) is 0 Å². The van der Waals surface area contributed by atoms with E-state index in [-0.39, 0.29) is 5.91 Å². The molecule has 0 fully saturated rings. The van der Waals surface area contributed by atoms with Crippen LogP contribution in [0.25, 0.3) is 0 Å². The van der Waals surface area contributed by atoms with Gasteiger partial charge in [-0.3, -0.25) is 4.79 Å². The summed E-state index contributed by atoms with van der Waals surface area (Å²) in [5.41, 5.74) is 0.895. The van der Waals surface area contributed by atoms with Crippen LogP contribution in [-0.4, -0.2) is 5.91 Å². The number of carbonyl (C=O) groups excluding carboxylic acids is 1. The Balaban J connectivity index is 0. The molecule has 14 heavy (non-hydrogen) atoms. The molecule has 0 aliphatic carbocycles. The van der Waals surface area contributed by atoms with Crippen LogP contribution in [0, 0.1) is 0 Å². The minimum atomic E-state index is 0.0628. The van der Waals surface area contributed by atoms with Crippen LogP contribution in [0.1, 0.15) is 47.5 Å². The Kier molecular flexibility index (Phi) is 13.2. The standard InChI is InChI=1S/C10H17NO.C2H6/c1-4-7-9(8-5-2)11-10(12)6-3;1-2/h4,7-8H,5-6H2,1-3H3,(H,11,12);1-2H3/b7-4-,9-8+;. The van der Waals surface area contributed by atoms with Crippen molar-refractivity contribution in [1.82, 2.24) is 5.32 Å². The molecular weight excluding hydrogens is 174 g/mol. The lowest BCUT2D eigenvalue weighted by molar-refractivity contribution is -0.120. The van der Waals surface area contributed by atoms with Gasteiger partial charge in [0.05, 0.1) is 0 Å². The highest BCUT2D eigenvalue weighted by Gasteiger charge is 1.96. The van der Waals surface area contributed by atoms with Gasteiger partial charge in [0.25, 0.3) is 0 Å². The summed E-state index contributed by atoms with van der Waals surface area (Å²) < 4.78 is 0. The molecule has 0 aromatic rings. The third-order valence-corrected chi connectivity index (χ3v) is 1.38. The van der Waals surface area contributed by atoms with Gasteiger partial charge in [-0.1, -0.05) is 39.8 Å². The number of hydrogen-bond acceptors (Lipinski definition) is 1. The molecule has 0 spiro atoms. The van der Waals surface area contributed by atoms with Gasteiger partial charge in [0.2, 0.25) is 5.91 Å². The Bertz CT molecular complexity index is 192. The van der Waals surface area contributed by atoms with Gasteiger partial charge in [-0.05, 0) is 19.4 Å². The van der Waals surface area contributed by atoms with Gasteiger partial charge < -0.3 is 5.32 Å². The predicted molar refractivity (Wildman–Crippen MR) is 63.0 cm³/mol. The Morgan fingerprint density at radius 2 is 1.86 bits per heavy atom. The first-order valence-corrected chi connectivity index (χ1v) is 5.37. The summed E-state index contributed by atoms with van der Waals surface area (Å²) in [6, 6.07) is 0. The predicted octanol–water partition coefficient (Wildman–Crippen LogP) is 3.41. The van der Waals surface area contributed by atoms with Crippen molar-refractivity contribution < 1.29 is 4.79 Å². The van der Waals surface area contributed by atoms with E-state index in [2.05, 4.69) is 5.32 Å². The van der Waals surface area contributed by atoms with Crippen molar-refractivity contribution in [3.05, 3.63) is 23.9 Å². The van der Waals surface area contributed by atoms with Gasteiger partial charge in [-0.2, -0.15) is 0 Å². The smallest absolute Gasteiger partial charge is 0.224 e. The van der Waals surface area contributed by atoms with Gasteiger partial charge in [0, 0.05) is 12.1 Å². The van der Waals surface area contributed by atoms with E-state index in [9.17, 15) is 4.79 Å². The fourth-order valence-electron chi connectivity index (χ4n) is 0.810. The Labute approximate surface area is 88.1 Å². The number of nitrogens with one attached hydrogen (secondary N) is 1. The van der Waals surface area contributed by atoms with Crippen molar-refractivity contribution >= 4 is 5.91 Å².